The largest absolute Gasteiger partial charge is 0.480 e. The Labute approximate surface area is 120 Å². The van der Waals surface area contributed by atoms with E-state index < -0.39 is 22.8 Å². The van der Waals surface area contributed by atoms with E-state index in [-0.39, 0.29) is 31.0 Å². The van der Waals surface area contributed by atoms with Crippen molar-refractivity contribution in [3.05, 3.63) is 39.4 Å². The maximum Gasteiger partial charge on any atom is 0.328 e. The molecule has 1 aliphatic rings. The summed E-state index contributed by atoms with van der Waals surface area (Å²) >= 11 is 0. The molecule has 1 aromatic carbocycles. The summed E-state index contributed by atoms with van der Waals surface area (Å²) < 4.78 is 5.07. The summed E-state index contributed by atoms with van der Waals surface area (Å²) in [6.07, 6.45) is 0. The second kappa shape index (κ2) is 5.88. The zero-order chi connectivity index (χ0) is 15.6. The third-order valence-electron chi connectivity index (χ3n) is 3.31. The highest BCUT2D eigenvalue weighted by Gasteiger charge is 2.33. The predicted octanol–water partition coefficient (Wildman–Crippen LogP) is 0.829. The number of hydrogen-bond acceptors (Lipinski definition) is 5. The van der Waals surface area contributed by atoms with Gasteiger partial charge in [-0.25, -0.2) is 4.79 Å². The Morgan fingerprint density at radius 1 is 1.48 bits per heavy atom. The predicted molar refractivity (Wildman–Crippen MR) is 71.1 cm³/mol. The maximum absolute atomic E-state index is 12.4. The number of nitro groups is 1. The Hall–Kier alpha value is -2.48. The van der Waals surface area contributed by atoms with Crippen LogP contribution >= 0.6 is 0 Å². The van der Waals surface area contributed by atoms with Crippen LogP contribution in [0.5, 0.6) is 0 Å². The van der Waals surface area contributed by atoms with Gasteiger partial charge in [0.15, 0.2) is 6.04 Å². The third kappa shape index (κ3) is 3.00. The highest BCUT2D eigenvalue weighted by molar-refractivity contribution is 5.97. The first kappa shape index (κ1) is 14.9. The number of nitro benzene ring substituents is 1. The Morgan fingerprint density at radius 3 is 2.76 bits per heavy atom. The van der Waals surface area contributed by atoms with Gasteiger partial charge in [-0.3, -0.25) is 14.9 Å². The molecule has 112 valence electrons. The van der Waals surface area contributed by atoms with Gasteiger partial charge in [-0.05, 0) is 19.1 Å². The Kier molecular flexibility index (Phi) is 4.18. The van der Waals surface area contributed by atoms with E-state index in [2.05, 4.69) is 0 Å². The van der Waals surface area contributed by atoms with Gasteiger partial charge in [0.2, 0.25) is 0 Å². The van der Waals surface area contributed by atoms with E-state index in [1.807, 2.05) is 0 Å². The third-order valence-corrected chi connectivity index (χ3v) is 3.31. The smallest absolute Gasteiger partial charge is 0.328 e. The molecule has 8 heteroatoms. The van der Waals surface area contributed by atoms with Crippen molar-refractivity contribution in [2.24, 2.45) is 0 Å². The monoisotopic (exact) mass is 294 g/mol. The second-order valence-corrected chi connectivity index (χ2v) is 4.69. The summed E-state index contributed by atoms with van der Waals surface area (Å²) in [5, 5.41) is 19.9. The summed E-state index contributed by atoms with van der Waals surface area (Å²) in [7, 11) is 0. The van der Waals surface area contributed by atoms with E-state index in [4.69, 9.17) is 9.84 Å². The second-order valence-electron chi connectivity index (χ2n) is 4.69. The number of nitrogens with zero attached hydrogens (tertiary/aromatic N) is 2. The zero-order valence-corrected chi connectivity index (χ0v) is 11.3. The van der Waals surface area contributed by atoms with Crippen molar-refractivity contribution in [1.29, 1.82) is 0 Å². The summed E-state index contributed by atoms with van der Waals surface area (Å²) in [6, 6.07) is 2.94. The van der Waals surface area contributed by atoms with Gasteiger partial charge in [-0.1, -0.05) is 0 Å². The van der Waals surface area contributed by atoms with Gasteiger partial charge in [-0.15, -0.1) is 0 Å². The molecule has 1 heterocycles. The quantitative estimate of drug-likeness (QED) is 0.653. The molecular formula is C13H14N2O6. The Bertz CT molecular complexity index is 600. The van der Waals surface area contributed by atoms with Crippen molar-refractivity contribution in [1.82, 2.24) is 4.90 Å². The molecule has 8 nitrogen and oxygen atoms in total. The standard InChI is InChI=1S/C13H14N2O6/c1-8-6-9(2-3-10(8)15(19)20)12(16)14-4-5-21-7-11(14)13(17)18/h2-3,6,11H,4-5,7H2,1H3,(H,17,18). The molecule has 0 aliphatic carbocycles. The molecule has 1 atom stereocenters. The molecule has 0 bridgehead atoms. The minimum Gasteiger partial charge on any atom is -0.480 e. The van der Waals surface area contributed by atoms with Crippen LogP contribution in [0.2, 0.25) is 0 Å². The van der Waals surface area contributed by atoms with Crippen LogP contribution in [-0.2, 0) is 9.53 Å². The number of carboxylic acid groups (broad SMARTS) is 1. The van der Waals surface area contributed by atoms with Crippen LogP contribution in [-0.4, -0.2) is 52.6 Å². The number of morpholine rings is 1. The van der Waals surface area contributed by atoms with Crippen LogP contribution in [0.4, 0.5) is 5.69 Å². The van der Waals surface area contributed by atoms with E-state index in [9.17, 15) is 19.7 Å². The minimum absolute atomic E-state index is 0.0625. The lowest BCUT2D eigenvalue weighted by atomic mass is 10.1. The van der Waals surface area contributed by atoms with Crippen LogP contribution in [0.1, 0.15) is 15.9 Å². The van der Waals surface area contributed by atoms with Crippen LogP contribution in [0.25, 0.3) is 0 Å². The average molecular weight is 294 g/mol. The Balaban J connectivity index is 2.28. The molecule has 1 saturated heterocycles. The number of aryl methyl sites for hydroxylation is 1. The number of carboxylic acids is 1. The van der Waals surface area contributed by atoms with E-state index in [0.29, 0.717) is 5.56 Å². The van der Waals surface area contributed by atoms with Crippen LogP contribution in [0, 0.1) is 17.0 Å². The molecule has 1 aromatic rings. The van der Waals surface area contributed by atoms with Crippen molar-refractivity contribution >= 4 is 17.6 Å². The molecule has 0 aromatic heterocycles. The highest BCUT2D eigenvalue weighted by Crippen LogP contribution is 2.21. The summed E-state index contributed by atoms with van der Waals surface area (Å²) in [4.78, 5) is 35.0. The first-order valence-corrected chi connectivity index (χ1v) is 6.28. The molecule has 21 heavy (non-hydrogen) atoms. The summed E-state index contributed by atoms with van der Waals surface area (Å²) in [5.41, 5.74) is 0.501. The first-order valence-electron chi connectivity index (χ1n) is 6.28. The average Bonchev–Trinajstić information content (AvgIpc) is 2.45. The van der Waals surface area contributed by atoms with Crippen molar-refractivity contribution in [2.45, 2.75) is 13.0 Å². The van der Waals surface area contributed by atoms with Gasteiger partial charge in [0.1, 0.15) is 0 Å². The van der Waals surface area contributed by atoms with E-state index in [0.717, 1.165) is 0 Å². The molecule has 2 rings (SSSR count). The molecule has 0 saturated carbocycles. The van der Waals surface area contributed by atoms with Crippen molar-refractivity contribution in [3.63, 3.8) is 0 Å². The normalized spacial score (nSPS) is 18.3. The fraction of sp³-hybridized carbons (Fsp3) is 0.385. The lowest BCUT2D eigenvalue weighted by Crippen LogP contribution is -2.52. The molecule has 1 fully saturated rings. The van der Waals surface area contributed by atoms with E-state index in [1.54, 1.807) is 0 Å². The molecule has 1 aliphatic heterocycles. The van der Waals surface area contributed by atoms with Gasteiger partial charge in [0.05, 0.1) is 18.1 Å². The van der Waals surface area contributed by atoms with E-state index in [1.165, 1.54) is 30.0 Å². The van der Waals surface area contributed by atoms with Gasteiger partial charge < -0.3 is 14.7 Å². The van der Waals surface area contributed by atoms with Crippen LogP contribution < -0.4 is 0 Å². The topological polar surface area (TPSA) is 110 Å². The van der Waals surface area contributed by atoms with Crippen LogP contribution in [0.3, 0.4) is 0 Å². The van der Waals surface area contributed by atoms with Crippen molar-refractivity contribution in [2.75, 3.05) is 19.8 Å². The molecule has 0 spiro atoms. The number of aliphatic carboxylic acids is 1. The van der Waals surface area contributed by atoms with Gasteiger partial charge in [0, 0.05) is 23.7 Å². The Morgan fingerprint density at radius 2 is 2.19 bits per heavy atom. The maximum atomic E-state index is 12.4. The number of benzene rings is 1. The number of carbonyl (C=O) groups excluding carboxylic acids is 1. The van der Waals surface area contributed by atoms with Crippen LogP contribution in [0.15, 0.2) is 18.2 Å². The van der Waals surface area contributed by atoms with Crippen molar-refractivity contribution < 1.29 is 24.4 Å². The molecule has 1 N–H and O–H groups in total. The lowest BCUT2D eigenvalue weighted by Gasteiger charge is -2.32. The number of carbonyl (C=O) groups is 2. The number of ether oxygens (including phenoxy) is 1. The number of rotatable bonds is 3. The molecule has 1 unspecified atom stereocenters. The van der Waals surface area contributed by atoms with Gasteiger partial charge in [0.25, 0.3) is 11.6 Å². The molecule has 1 amide bonds. The molecular weight excluding hydrogens is 280 g/mol. The van der Waals surface area contributed by atoms with Gasteiger partial charge in [-0.2, -0.15) is 0 Å². The summed E-state index contributed by atoms with van der Waals surface area (Å²) in [5.74, 6) is -1.61. The van der Waals surface area contributed by atoms with Crippen molar-refractivity contribution in [3.8, 4) is 0 Å². The number of amides is 1. The lowest BCUT2D eigenvalue weighted by molar-refractivity contribution is -0.385. The SMILES string of the molecule is Cc1cc(C(=O)N2CCOCC2C(=O)O)ccc1[N+](=O)[O-]. The fourth-order valence-corrected chi connectivity index (χ4v) is 2.21. The van der Waals surface area contributed by atoms with E-state index >= 15 is 0 Å². The fourth-order valence-electron chi connectivity index (χ4n) is 2.21. The first-order chi connectivity index (χ1) is 9.91. The minimum atomic E-state index is -1.14. The van der Waals surface area contributed by atoms with Gasteiger partial charge >= 0.3 is 5.97 Å². The zero-order valence-electron chi connectivity index (χ0n) is 11.3. The number of hydrogen-bond donors (Lipinski definition) is 1. The molecule has 0 radical (unpaired) electrons. The summed E-state index contributed by atoms with van der Waals surface area (Å²) in [6.45, 7) is 1.91. The highest BCUT2D eigenvalue weighted by atomic mass is 16.6.